The molecule has 4 aromatic rings. The number of likely N-dealkylation sites (tertiary alicyclic amines) is 1. The average Bonchev–Trinajstić information content (AvgIpc) is 3.07. The Labute approximate surface area is 281 Å². The smallest absolute Gasteiger partial charge is 0.287 e. The van der Waals surface area contributed by atoms with Crippen LogP contribution in [0.1, 0.15) is 78.1 Å². The number of anilines is 1. The molecule has 1 aliphatic heterocycles. The zero-order valence-electron chi connectivity index (χ0n) is 27.1. The van der Waals surface area contributed by atoms with Crippen LogP contribution >= 0.6 is 11.6 Å². The summed E-state index contributed by atoms with van der Waals surface area (Å²) >= 11 is 6.15. The molecule has 47 heavy (non-hydrogen) atoms. The highest BCUT2D eigenvalue weighted by atomic mass is 35.5. The summed E-state index contributed by atoms with van der Waals surface area (Å²) in [6, 6.07) is 22.6. The minimum atomic E-state index is -0.425. The van der Waals surface area contributed by atoms with Crippen molar-refractivity contribution in [2.24, 2.45) is 0 Å². The molecule has 1 atom stereocenters. The molecule has 0 unspecified atom stereocenters. The van der Waals surface area contributed by atoms with E-state index in [-0.39, 0.29) is 23.1 Å². The highest BCUT2D eigenvalue weighted by Crippen LogP contribution is 2.37. The molecule has 1 aliphatic carbocycles. The molecule has 6 rings (SSSR count). The first-order valence-corrected chi connectivity index (χ1v) is 17.0. The molecular formula is C39H42ClN3O4. The molecule has 0 bridgehead atoms. The van der Waals surface area contributed by atoms with Gasteiger partial charge < -0.3 is 19.5 Å². The lowest BCUT2D eigenvalue weighted by Gasteiger charge is -2.31. The van der Waals surface area contributed by atoms with E-state index in [1.165, 1.54) is 22.8 Å². The van der Waals surface area contributed by atoms with Crippen molar-refractivity contribution >= 4 is 40.1 Å². The molecule has 3 aromatic carbocycles. The van der Waals surface area contributed by atoms with Gasteiger partial charge in [0.25, 0.3) is 5.91 Å². The number of carbonyl (C=O) groups is 2. The number of nitrogens with one attached hydrogen (secondary N) is 1. The van der Waals surface area contributed by atoms with Gasteiger partial charge in [-0.15, -0.1) is 0 Å². The minimum Gasteiger partial charge on any atom is -0.451 e. The van der Waals surface area contributed by atoms with Gasteiger partial charge in [0.05, 0.1) is 11.4 Å². The van der Waals surface area contributed by atoms with Crippen LogP contribution in [-0.2, 0) is 17.8 Å². The number of hydrogen-bond donors (Lipinski definition) is 1. The topological polar surface area (TPSA) is 82.9 Å². The van der Waals surface area contributed by atoms with E-state index in [9.17, 15) is 14.4 Å². The zero-order chi connectivity index (χ0) is 32.9. The van der Waals surface area contributed by atoms with Gasteiger partial charge in [0.1, 0.15) is 5.58 Å². The van der Waals surface area contributed by atoms with E-state index in [2.05, 4.69) is 35.7 Å². The van der Waals surface area contributed by atoms with E-state index in [1.54, 1.807) is 12.1 Å². The van der Waals surface area contributed by atoms with Gasteiger partial charge in [0.2, 0.25) is 5.91 Å². The second-order valence-corrected chi connectivity index (χ2v) is 13.5. The third kappa shape index (κ3) is 7.96. The van der Waals surface area contributed by atoms with Crippen LogP contribution in [0.2, 0.25) is 5.02 Å². The molecule has 7 nitrogen and oxygen atoms in total. The van der Waals surface area contributed by atoms with Gasteiger partial charge in [-0.2, -0.15) is 0 Å². The normalized spacial score (nSPS) is 17.4. The van der Waals surface area contributed by atoms with Gasteiger partial charge in [-0.05, 0) is 97.9 Å². The number of amides is 2. The van der Waals surface area contributed by atoms with Crippen LogP contribution in [0, 0.1) is 0 Å². The molecular weight excluding hydrogens is 610 g/mol. The Kier molecular flexibility index (Phi) is 10.1. The summed E-state index contributed by atoms with van der Waals surface area (Å²) < 4.78 is 5.94. The fourth-order valence-corrected chi connectivity index (χ4v) is 6.99. The van der Waals surface area contributed by atoms with Crippen LogP contribution in [0.5, 0.6) is 0 Å². The summed E-state index contributed by atoms with van der Waals surface area (Å²) in [5, 5.41) is 4.24. The summed E-state index contributed by atoms with van der Waals surface area (Å²) in [5.74, 6) is 0.251. The van der Waals surface area contributed by atoms with Gasteiger partial charge in [-0.3, -0.25) is 14.4 Å². The predicted molar refractivity (Wildman–Crippen MR) is 188 cm³/mol. The molecule has 8 heteroatoms. The molecule has 1 saturated carbocycles. The Balaban J connectivity index is 1.19. The first-order chi connectivity index (χ1) is 22.7. The Bertz CT molecular complexity index is 1840. The standard InChI is InChI=1S/C39H42ClN3O4/c1-42(2)32-18-19-36-34(23-32)35(44)24-37(47-36)39(46)41-31(22-27-12-16-30(40)17-13-27)21-26-10-14-28(15-11-26)33-8-4-3-7-29(33)25-43-20-6-5-9-38(43)45/h3-4,7-8,12-13,16-19,21,23-24,28,31H,5-6,9-11,14-15,20,22,25H2,1-2H3,(H,41,46)/t28?,31-/m1/s1. The summed E-state index contributed by atoms with van der Waals surface area (Å²) in [5.41, 5.74) is 5.96. The molecule has 244 valence electrons. The van der Waals surface area contributed by atoms with Crippen molar-refractivity contribution in [1.82, 2.24) is 10.2 Å². The summed E-state index contributed by atoms with van der Waals surface area (Å²) in [6.07, 6.45) is 9.34. The molecule has 2 heterocycles. The maximum absolute atomic E-state index is 13.5. The Morgan fingerprint density at radius 2 is 1.77 bits per heavy atom. The first kappa shape index (κ1) is 32.6. The lowest BCUT2D eigenvalue weighted by molar-refractivity contribution is -0.133. The Morgan fingerprint density at radius 3 is 2.51 bits per heavy atom. The molecule has 2 aliphatic rings. The number of benzene rings is 3. The van der Waals surface area contributed by atoms with Crippen molar-refractivity contribution in [1.29, 1.82) is 0 Å². The quantitative estimate of drug-likeness (QED) is 0.188. The average molecular weight is 652 g/mol. The number of carbonyl (C=O) groups excluding carboxylic acids is 2. The fraction of sp³-hybridized carbons (Fsp3) is 0.359. The van der Waals surface area contributed by atoms with Gasteiger partial charge in [0.15, 0.2) is 11.2 Å². The van der Waals surface area contributed by atoms with Crippen LogP contribution < -0.4 is 15.6 Å². The number of allylic oxidation sites excluding steroid dienone is 1. The molecule has 2 amide bonds. The maximum Gasteiger partial charge on any atom is 0.287 e. The van der Waals surface area contributed by atoms with Gasteiger partial charge in [-0.25, -0.2) is 0 Å². The lowest BCUT2D eigenvalue weighted by Crippen LogP contribution is -2.36. The molecule has 0 radical (unpaired) electrons. The molecule has 0 spiro atoms. The second kappa shape index (κ2) is 14.6. The number of halogens is 1. The number of piperidine rings is 1. The van der Waals surface area contributed by atoms with Crippen LogP contribution in [-0.4, -0.2) is 43.4 Å². The van der Waals surface area contributed by atoms with E-state index in [4.69, 9.17) is 16.0 Å². The van der Waals surface area contributed by atoms with Crippen LogP contribution in [0.4, 0.5) is 5.69 Å². The molecule has 1 aromatic heterocycles. The zero-order valence-corrected chi connectivity index (χ0v) is 27.9. The predicted octanol–water partition coefficient (Wildman–Crippen LogP) is 7.65. The summed E-state index contributed by atoms with van der Waals surface area (Å²) in [6.45, 7) is 1.52. The van der Waals surface area contributed by atoms with Crippen LogP contribution in [0.25, 0.3) is 11.0 Å². The van der Waals surface area contributed by atoms with Gasteiger partial charge >= 0.3 is 0 Å². The summed E-state index contributed by atoms with van der Waals surface area (Å²) in [7, 11) is 3.82. The van der Waals surface area contributed by atoms with E-state index in [0.29, 0.717) is 41.3 Å². The maximum atomic E-state index is 13.5. The summed E-state index contributed by atoms with van der Waals surface area (Å²) in [4.78, 5) is 43.0. The SMILES string of the molecule is CN(C)c1ccc2oc(C(=O)N[C@H](C=C3CCC(c4ccccc4CN4CCCCC4=O)CC3)Cc3ccc(Cl)cc3)cc(=O)c2c1. The third-order valence-corrected chi connectivity index (χ3v) is 9.73. The largest absolute Gasteiger partial charge is 0.451 e. The van der Waals surface area contributed by atoms with E-state index >= 15 is 0 Å². The van der Waals surface area contributed by atoms with E-state index in [1.807, 2.05) is 54.2 Å². The number of nitrogens with zero attached hydrogens (tertiary/aromatic N) is 2. The number of fused-ring (bicyclic) bond motifs is 1. The van der Waals surface area contributed by atoms with Gasteiger partial charge in [-0.1, -0.05) is 59.6 Å². The highest BCUT2D eigenvalue weighted by Gasteiger charge is 2.25. The lowest BCUT2D eigenvalue weighted by atomic mass is 9.79. The highest BCUT2D eigenvalue weighted by molar-refractivity contribution is 6.30. The van der Waals surface area contributed by atoms with Crippen molar-refractivity contribution in [2.75, 3.05) is 25.5 Å². The van der Waals surface area contributed by atoms with E-state index < -0.39 is 5.91 Å². The van der Waals surface area contributed by atoms with Crippen LogP contribution in [0.15, 0.2) is 93.7 Å². The molecule has 2 fully saturated rings. The third-order valence-electron chi connectivity index (χ3n) is 9.48. The van der Waals surface area contributed by atoms with Crippen molar-refractivity contribution in [2.45, 2.75) is 69.9 Å². The molecule has 1 saturated heterocycles. The van der Waals surface area contributed by atoms with Crippen LogP contribution in [0.3, 0.4) is 0 Å². The Hall–Kier alpha value is -4.36. The number of hydrogen-bond acceptors (Lipinski definition) is 5. The van der Waals surface area contributed by atoms with Crippen molar-refractivity contribution in [3.63, 3.8) is 0 Å². The van der Waals surface area contributed by atoms with E-state index in [0.717, 1.165) is 56.3 Å². The molecule has 1 N–H and O–H groups in total. The fourth-order valence-electron chi connectivity index (χ4n) is 6.86. The van der Waals surface area contributed by atoms with Crippen molar-refractivity contribution in [3.05, 3.63) is 122 Å². The number of rotatable bonds is 9. The van der Waals surface area contributed by atoms with Crippen molar-refractivity contribution in [3.8, 4) is 0 Å². The minimum absolute atomic E-state index is 0.00730. The second-order valence-electron chi connectivity index (χ2n) is 13.0. The van der Waals surface area contributed by atoms with Gasteiger partial charge in [0, 0.05) is 50.4 Å². The Morgan fingerprint density at radius 1 is 1.00 bits per heavy atom. The van der Waals surface area contributed by atoms with Crippen molar-refractivity contribution < 1.29 is 14.0 Å². The monoisotopic (exact) mass is 651 g/mol. The first-order valence-electron chi connectivity index (χ1n) is 16.6.